The van der Waals surface area contributed by atoms with Crippen LogP contribution in [0.25, 0.3) is 0 Å². The zero-order valence-electron chi connectivity index (χ0n) is 19.4. The molecule has 0 amide bonds. The van der Waals surface area contributed by atoms with Crippen molar-refractivity contribution in [3.8, 4) is 0 Å². The van der Waals surface area contributed by atoms with E-state index in [0.29, 0.717) is 37.7 Å². The van der Waals surface area contributed by atoms with Crippen LogP contribution in [0.2, 0.25) is 0 Å². The Morgan fingerprint density at radius 1 is 1.27 bits per heavy atom. The van der Waals surface area contributed by atoms with Crippen LogP contribution in [0.15, 0.2) is 35.5 Å². The van der Waals surface area contributed by atoms with Crippen LogP contribution < -0.4 is 0 Å². The van der Waals surface area contributed by atoms with Gasteiger partial charge in [0.15, 0.2) is 0 Å². The van der Waals surface area contributed by atoms with Gasteiger partial charge in [-0.1, -0.05) is 31.2 Å². The van der Waals surface area contributed by atoms with Crippen molar-refractivity contribution in [3.05, 3.63) is 35.5 Å². The van der Waals surface area contributed by atoms with Gasteiger partial charge in [0.05, 0.1) is 23.9 Å². The predicted octanol–water partition coefficient (Wildman–Crippen LogP) is 4.69. The summed E-state index contributed by atoms with van der Waals surface area (Å²) < 4.78 is 6.19. The summed E-state index contributed by atoms with van der Waals surface area (Å²) in [7, 11) is 0. The first-order valence-electron chi connectivity index (χ1n) is 11.8. The SMILES string of the molecule is C=C1C(=CC=C2CCC[C@]3(C)[C@@H](C(C)OCCC(C)(C)O)CC[C@@H]23)C[C@@H](O)C[C@@H]1O. The van der Waals surface area contributed by atoms with E-state index in [2.05, 4.69) is 32.6 Å². The number of ether oxygens (including phenoxy) is 1. The highest BCUT2D eigenvalue weighted by Crippen LogP contribution is 2.58. The minimum Gasteiger partial charge on any atom is -0.393 e. The van der Waals surface area contributed by atoms with E-state index in [0.717, 1.165) is 17.6 Å². The molecule has 0 bridgehead atoms. The van der Waals surface area contributed by atoms with Crippen molar-refractivity contribution in [3.63, 3.8) is 0 Å². The van der Waals surface area contributed by atoms with Crippen molar-refractivity contribution < 1.29 is 20.1 Å². The number of aliphatic hydroxyl groups excluding tert-OH is 2. The summed E-state index contributed by atoms with van der Waals surface area (Å²) in [5, 5.41) is 30.1. The Labute approximate surface area is 182 Å². The number of fused-ring (bicyclic) bond motifs is 1. The average molecular weight is 419 g/mol. The molecule has 3 fully saturated rings. The molecule has 0 aromatic carbocycles. The van der Waals surface area contributed by atoms with Gasteiger partial charge in [-0.25, -0.2) is 0 Å². The van der Waals surface area contributed by atoms with Gasteiger partial charge in [0.2, 0.25) is 0 Å². The van der Waals surface area contributed by atoms with Crippen LogP contribution in [0.3, 0.4) is 0 Å². The summed E-state index contributed by atoms with van der Waals surface area (Å²) in [6.07, 6.45) is 11.0. The second kappa shape index (κ2) is 9.28. The molecule has 0 aromatic heterocycles. The van der Waals surface area contributed by atoms with Gasteiger partial charge in [0, 0.05) is 13.0 Å². The number of hydrogen-bond donors (Lipinski definition) is 3. The van der Waals surface area contributed by atoms with E-state index < -0.39 is 17.8 Å². The zero-order valence-corrected chi connectivity index (χ0v) is 19.4. The Hall–Kier alpha value is -0.940. The molecule has 3 aliphatic carbocycles. The molecule has 30 heavy (non-hydrogen) atoms. The third kappa shape index (κ3) is 5.27. The van der Waals surface area contributed by atoms with Crippen LogP contribution in [-0.4, -0.2) is 45.8 Å². The molecule has 170 valence electrons. The lowest BCUT2D eigenvalue weighted by molar-refractivity contribution is -0.0454. The van der Waals surface area contributed by atoms with Gasteiger partial charge in [0.25, 0.3) is 0 Å². The average Bonchev–Trinajstić information content (AvgIpc) is 3.00. The molecule has 3 N–H and O–H groups in total. The lowest BCUT2D eigenvalue weighted by Crippen LogP contribution is -2.39. The number of aliphatic hydroxyl groups is 3. The fourth-order valence-corrected chi connectivity index (χ4v) is 6.13. The summed E-state index contributed by atoms with van der Waals surface area (Å²) in [6, 6.07) is 0. The normalized spacial score (nSPS) is 38.8. The molecular formula is C26H42O4. The maximum atomic E-state index is 10.1. The lowest BCUT2D eigenvalue weighted by atomic mass is 9.62. The second-order valence-corrected chi connectivity index (χ2v) is 10.8. The molecule has 0 aliphatic heterocycles. The van der Waals surface area contributed by atoms with Crippen LogP contribution in [0.4, 0.5) is 0 Å². The van der Waals surface area contributed by atoms with Crippen LogP contribution in [0, 0.1) is 17.3 Å². The van der Waals surface area contributed by atoms with Crippen LogP contribution in [-0.2, 0) is 4.74 Å². The summed E-state index contributed by atoms with van der Waals surface area (Å²) in [5.41, 5.74) is 2.82. The monoisotopic (exact) mass is 418 g/mol. The van der Waals surface area contributed by atoms with E-state index in [1.165, 1.54) is 31.3 Å². The summed E-state index contributed by atoms with van der Waals surface area (Å²) in [5.74, 6) is 1.11. The second-order valence-electron chi connectivity index (χ2n) is 10.8. The van der Waals surface area contributed by atoms with E-state index >= 15 is 0 Å². The summed E-state index contributed by atoms with van der Waals surface area (Å²) >= 11 is 0. The van der Waals surface area contributed by atoms with Gasteiger partial charge in [-0.3, -0.25) is 0 Å². The van der Waals surface area contributed by atoms with E-state index in [4.69, 9.17) is 4.74 Å². The molecule has 6 atom stereocenters. The molecule has 1 unspecified atom stereocenters. The third-order valence-electron chi connectivity index (χ3n) is 7.96. The molecule has 0 spiro atoms. The van der Waals surface area contributed by atoms with Crippen molar-refractivity contribution in [2.75, 3.05) is 6.61 Å². The number of rotatable bonds is 6. The molecule has 3 rings (SSSR count). The standard InChI is InChI=1S/C26H42O4/c1-17-20(15-21(27)16-24(17)28)9-8-19-7-6-12-26(5)22(10-11-23(19)26)18(2)30-14-13-25(3,4)29/h8-9,18,21-24,27-29H,1,6-7,10-16H2,2-5H3/t18?,21-,22-,23+,24+,26-/m1/s1. The molecule has 3 aliphatic rings. The minimum absolute atomic E-state index is 0.198. The topological polar surface area (TPSA) is 69.9 Å². The van der Waals surface area contributed by atoms with Gasteiger partial charge < -0.3 is 20.1 Å². The Bertz CT molecular complexity index is 686. The van der Waals surface area contributed by atoms with Crippen molar-refractivity contribution >= 4 is 0 Å². The smallest absolute Gasteiger partial charge is 0.0811 e. The number of hydrogen-bond acceptors (Lipinski definition) is 4. The fourth-order valence-electron chi connectivity index (χ4n) is 6.13. The maximum absolute atomic E-state index is 10.1. The van der Waals surface area contributed by atoms with Gasteiger partial charge in [-0.2, -0.15) is 0 Å². The Morgan fingerprint density at radius 2 is 2.00 bits per heavy atom. The molecule has 4 heteroatoms. The lowest BCUT2D eigenvalue weighted by Gasteiger charge is -2.44. The largest absolute Gasteiger partial charge is 0.393 e. The van der Waals surface area contributed by atoms with Crippen molar-refractivity contribution in [2.24, 2.45) is 17.3 Å². The molecule has 3 saturated carbocycles. The molecule has 0 saturated heterocycles. The molecular weight excluding hydrogens is 376 g/mol. The fraction of sp³-hybridized carbons (Fsp3) is 0.769. The first kappa shape index (κ1) is 23.7. The van der Waals surface area contributed by atoms with E-state index in [1.54, 1.807) is 0 Å². The highest BCUT2D eigenvalue weighted by Gasteiger charge is 2.51. The Kier molecular flexibility index (Phi) is 7.33. The van der Waals surface area contributed by atoms with Crippen LogP contribution in [0.1, 0.15) is 79.1 Å². The summed E-state index contributed by atoms with van der Waals surface area (Å²) in [6.45, 7) is 13.0. The van der Waals surface area contributed by atoms with Crippen molar-refractivity contribution in [1.82, 2.24) is 0 Å². The Balaban J connectivity index is 1.70. The molecule has 0 heterocycles. The predicted molar refractivity (Wildman–Crippen MR) is 121 cm³/mol. The maximum Gasteiger partial charge on any atom is 0.0811 e. The van der Waals surface area contributed by atoms with Gasteiger partial charge in [-0.05, 0) is 94.1 Å². The number of allylic oxidation sites excluding steroid dienone is 3. The summed E-state index contributed by atoms with van der Waals surface area (Å²) in [4.78, 5) is 0. The quantitative estimate of drug-likeness (QED) is 0.585. The first-order valence-corrected chi connectivity index (χ1v) is 11.8. The van der Waals surface area contributed by atoms with Gasteiger partial charge in [-0.15, -0.1) is 0 Å². The zero-order chi connectivity index (χ0) is 22.1. The van der Waals surface area contributed by atoms with Crippen LogP contribution in [0.5, 0.6) is 0 Å². The van der Waals surface area contributed by atoms with Crippen molar-refractivity contribution in [2.45, 2.75) is 103 Å². The molecule has 4 nitrogen and oxygen atoms in total. The molecule has 0 aromatic rings. The van der Waals surface area contributed by atoms with Crippen molar-refractivity contribution in [1.29, 1.82) is 0 Å². The van der Waals surface area contributed by atoms with Gasteiger partial charge >= 0.3 is 0 Å². The highest BCUT2D eigenvalue weighted by molar-refractivity contribution is 5.38. The Morgan fingerprint density at radius 3 is 2.70 bits per heavy atom. The third-order valence-corrected chi connectivity index (χ3v) is 7.96. The van der Waals surface area contributed by atoms with E-state index in [1.807, 2.05) is 13.8 Å². The highest BCUT2D eigenvalue weighted by atomic mass is 16.5. The van der Waals surface area contributed by atoms with E-state index in [9.17, 15) is 15.3 Å². The minimum atomic E-state index is -0.680. The van der Waals surface area contributed by atoms with E-state index in [-0.39, 0.29) is 11.5 Å². The molecule has 0 radical (unpaired) electrons. The van der Waals surface area contributed by atoms with Gasteiger partial charge in [0.1, 0.15) is 0 Å². The van der Waals surface area contributed by atoms with Crippen LogP contribution >= 0.6 is 0 Å². The first-order chi connectivity index (χ1) is 14.0.